The molecule has 2 fully saturated rings. The van der Waals surface area contributed by atoms with Crippen LogP contribution >= 0.6 is 0 Å². The molecule has 1 saturated heterocycles. The van der Waals surface area contributed by atoms with Gasteiger partial charge < -0.3 is 9.84 Å². The van der Waals surface area contributed by atoms with Crippen LogP contribution in [0, 0.1) is 5.92 Å². The van der Waals surface area contributed by atoms with Crippen molar-refractivity contribution in [3.8, 4) is 0 Å². The fraction of sp³-hybridized carbons (Fsp3) is 1.00. The molecule has 1 heterocycles. The SMILES string of the molecule is CC(O)C1CC2CCCCC2O1. The van der Waals surface area contributed by atoms with Crippen molar-refractivity contribution < 1.29 is 9.84 Å². The van der Waals surface area contributed by atoms with E-state index in [1.807, 2.05) is 6.92 Å². The van der Waals surface area contributed by atoms with Crippen molar-refractivity contribution in [2.75, 3.05) is 0 Å². The van der Waals surface area contributed by atoms with Crippen molar-refractivity contribution in [3.05, 3.63) is 0 Å². The Kier molecular flexibility index (Phi) is 2.37. The van der Waals surface area contributed by atoms with Gasteiger partial charge in [-0.15, -0.1) is 0 Å². The van der Waals surface area contributed by atoms with Crippen molar-refractivity contribution in [2.45, 2.75) is 57.3 Å². The van der Waals surface area contributed by atoms with Gasteiger partial charge in [-0.3, -0.25) is 0 Å². The van der Waals surface area contributed by atoms with Gasteiger partial charge in [-0.1, -0.05) is 12.8 Å². The highest BCUT2D eigenvalue weighted by Gasteiger charge is 2.38. The van der Waals surface area contributed by atoms with E-state index in [4.69, 9.17) is 4.74 Å². The van der Waals surface area contributed by atoms with E-state index >= 15 is 0 Å². The molecule has 2 heteroatoms. The van der Waals surface area contributed by atoms with Gasteiger partial charge in [-0.25, -0.2) is 0 Å². The Morgan fingerprint density at radius 1 is 1.33 bits per heavy atom. The minimum Gasteiger partial charge on any atom is -0.391 e. The molecule has 0 radical (unpaired) electrons. The van der Waals surface area contributed by atoms with Gasteiger partial charge in [0.05, 0.1) is 18.3 Å². The molecule has 12 heavy (non-hydrogen) atoms. The summed E-state index contributed by atoms with van der Waals surface area (Å²) in [6, 6.07) is 0. The number of aliphatic hydroxyl groups excluding tert-OH is 1. The van der Waals surface area contributed by atoms with E-state index in [-0.39, 0.29) is 12.2 Å². The summed E-state index contributed by atoms with van der Waals surface area (Å²) in [6.45, 7) is 1.84. The number of fused-ring (bicyclic) bond motifs is 1. The van der Waals surface area contributed by atoms with E-state index in [1.165, 1.54) is 25.7 Å². The molecule has 0 aromatic rings. The molecular weight excluding hydrogens is 152 g/mol. The zero-order valence-electron chi connectivity index (χ0n) is 7.70. The van der Waals surface area contributed by atoms with Crippen LogP contribution in [0.5, 0.6) is 0 Å². The second-order valence-electron chi connectivity index (χ2n) is 4.23. The lowest BCUT2D eigenvalue weighted by Gasteiger charge is -2.23. The Morgan fingerprint density at radius 3 is 2.75 bits per heavy atom. The van der Waals surface area contributed by atoms with Gasteiger partial charge in [-0.05, 0) is 32.1 Å². The van der Waals surface area contributed by atoms with E-state index in [0.29, 0.717) is 6.10 Å². The van der Waals surface area contributed by atoms with Crippen molar-refractivity contribution in [3.63, 3.8) is 0 Å². The van der Waals surface area contributed by atoms with E-state index in [2.05, 4.69) is 0 Å². The lowest BCUT2D eigenvalue weighted by Crippen LogP contribution is -2.23. The standard InChI is InChI=1S/C10H18O2/c1-7(11)10-6-8-4-2-3-5-9(8)12-10/h7-11H,2-6H2,1H3. The maximum Gasteiger partial charge on any atom is 0.0838 e. The molecule has 0 spiro atoms. The molecule has 2 rings (SSSR count). The van der Waals surface area contributed by atoms with Crippen molar-refractivity contribution in [2.24, 2.45) is 5.92 Å². The van der Waals surface area contributed by atoms with Gasteiger partial charge in [0.25, 0.3) is 0 Å². The summed E-state index contributed by atoms with van der Waals surface area (Å²) >= 11 is 0. The normalized spacial score (nSPS) is 44.0. The first kappa shape index (κ1) is 8.52. The molecule has 0 aromatic heterocycles. The predicted molar refractivity (Wildman–Crippen MR) is 46.9 cm³/mol. The Morgan fingerprint density at radius 2 is 2.08 bits per heavy atom. The van der Waals surface area contributed by atoms with Gasteiger partial charge in [-0.2, -0.15) is 0 Å². The molecular formula is C10H18O2. The molecule has 4 atom stereocenters. The third-order valence-corrected chi connectivity index (χ3v) is 3.26. The summed E-state index contributed by atoms with van der Waals surface area (Å²) in [7, 11) is 0. The smallest absolute Gasteiger partial charge is 0.0838 e. The van der Waals surface area contributed by atoms with Crippen molar-refractivity contribution >= 4 is 0 Å². The fourth-order valence-corrected chi connectivity index (χ4v) is 2.51. The average molecular weight is 170 g/mol. The van der Waals surface area contributed by atoms with Gasteiger partial charge in [0.2, 0.25) is 0 Å². The first-order chi connectivity index (χ1) is 5.77. The average Bonchev–Trinajstić information content (AvgIpc) is 2.46. The molecule has 1 N–H and O–H groups in total. The van der Waals surface area contributed by atoms with Gasteiger partial charge in [0.15, 0.2) is 0 Å². The third kappa shape index (κ3) is 1.50. The summed E-state index contributed by atoms with van der Waals surface area (Å²) in [4.78, 5) is 0. The minimum absolute atomic E-state index is 0.123. The molecule has 1 saturated carbocycles. The summed E-state index contributed by atoms with van der Waals surface area (Å²) in [5, 5.41) is 9.37. The van der Waals surface area contributed by atoms with E-state index in [9.17, 15) is 5.11 Å². The molecule has 2 aliphatic rings. The van der Waals surface area contributed by atoms with Crippen LogP contribution in [0.15, 0.2) is 0 Å². The van der Waals surface area contributed by atoms with Crippen LogP contribution in [0.3, 0.4) is 0 Å². The molecule has 0 amide bonds. The van der Waals surface area contributed by atoms with Gasteiger partial charge in [0.1, 0.15) is 0 Å². The van der Waals surface area contributed by atoms with Crippen LogP contribution < -0.4 is 0 Å². The first-order valence-corrected chi connectivity index (χ1v) is 5.11. The van der Waals surface area contributed by atoms with E-state index in [0.717, 1.165) is 12.3 Å². The zero-order chi connectivity index (χ0) is 8.55. The second kappa shape index (κ2) is 3.35. The topological polar surface area (TPSA) is 29.5 Å². The Balaban J connectivity index is 1.94. The number of ether oxygens (including phenoxy) is 1. The van der Waals surface area contributed by atoms with Crippen LogP contribution in [0.2, 0.25) is 0 Å². The fourth-order valence-electron chi connectivity index (χ4n) is 2.51. The Labute approximate surface area is 73.9 Å². The lowest BCUT2D eigenvalue weighted by molar-refractivity contribution is -0.0371. The predicted octanol–water partition coefficient (Wildman–Crippen LogP) is 1.71. The monoisotopic (exact) mass is 170 g/mol. The minimum atomic E-state index is -0.282. The van der Waals surface area contributed by atoms with Crippen molar-refractivity contribution in [1.82, 2.24) is 0 Å². The summed E-state index contributed by atoms with van der Waals surface area (Å²) in [5.41, 5.74) is 0. The molecule has 0 aromatic carbocycles. The number of aliphatic hydroxyl groups is 1. The molecule has 4 unspecified atom stereocenters. The highest BCUT2D eigenvalue weighted by molar-refractivity contribution is 4.87. The molecule has 70 valence electrons. The maximum atomic E-state index is 9.37. The third-order valence-electron chi connectivity index (χ3n) is 3.26. The second-order valence-corrected chi connectivity index (χ2v) is 4.23. The highest BCUT2D eigenvalue weighted by atomic mass is 16.5. The van der Waals surface area contributed by atoms with Crippen LogP contribution in [-0.2, 0) is 4.74 Å². The largest absolute Gasteiger partial charge is 0.391 e. The number of hydrogen-bond acceptors (Lipinski definition) is 2. The highest BCUT2D eigenvalue weighted by Crippen LogP contribution is 2.38. The summed E-state index contributed by atoms with van der Waals surface area (Å²) < 4.78 is 5.78. The van der Waals surface area contributed by atoms with Crippen molar-refractivity contribution in [1.29, 1.82) is 0 Å². The maximum absolute atomic E-state index is 9.37. The zero-order valence-corrected chi connectivity index (χ0v) is 7.70. The lowest BCUT2D eigenvalue weighted by atomic mass is 9.85. The van der Waals surface area contributed by atoms with Crippen LogP contribution in [0.4, 0.5) is 0 Å². The van der Waals surface area contributed by atoms with Gasteiger partial charge in [0, 0.05) is 0 Å². The Bertz CT molecular complexity index is 142. The number of hydrogen-bond donors (Lipinski definition) is 1. The summed E-state index contributed by atoms with van der Waals surface area (Å²) in [6.07, 6.45) is 6.60. The quantitative estimate of drug-likeness (QED) is 0.649. The van der Waals surface area contributed by atoms with Crippen LogP contribution in [0.1, 0.15) is 39.0 Å². The molecule has 1 aliphatic carbocycles. The summed E-state index contributed by atoms with van der Waals surface area (Å²) in [5.74, 6) is 0.748. The molecule has 0 bridgehead atoms. The van der Waals surface area contributed by atoms with E-state index in [1.54, 1.807) is 0 Å². The molecule has 2 nitrogen and oxygen atoms in total. The van der Waals surface area contributed by atoms with Gasteiger partial charge >= 0.3 is 0 Å². The Hall–Kier alpha value is -0.0800. The van der Waals surface area contributed by atoms with Crippen LogP contribution in [-0.4, -0.2) is 23.4 Å². The van der Waals surface area contributed by atoms with Crippen LogP contribution in [0.25, 0.3) is 0 Å². The molecule has 1 aliphatic heterocycles. The first-order valence-electron chi connectivity index (χ1n) is 5.11. The van der Waals surface area contributed by atoms with E-state index < -0.39 is 0 Å². The number of rotatable bonds is 1.